The van der Waals surface area contributed by atoms with Gasteiger partial charge in [0.05, 0.1) is 42.5 Å². The van der Waals surface area contributed by atoms with Gasteiger partial charge in [-0.15, -0.1) is 10.2 Å². The summed E-state index contributed by atoms with van der Waals surface area (Å²) in [4.78, 5) is 122. The van der Waals surface area contributed by atoms with E-state index in [-0.39, 0.29) is 138 Å². The third-order valence-electron chi connectivity index (χ3n) is 12.8. The zero-order valence-corrected chi connectivity index (χ0v) is 43.2. The number of amides is 4. The topological polar surface area (TPSA) is 363 Å². The molecule has 0 saturated carbocycles. The Bertz CT molecular complexity index is 2920. The molecule has 25 heteroatoms. The minimum atomic E-state index is -1.27. The molecule has 75 heavy (non-hydrogen) atoms. The van der Waals surface area contributed by atoms with Gasteiger partial charge >= 0.3 is 5.97 Å². The van der Waals surface area contributed by atoms with E-state index in [4.69, 9.17) is 16.2 Å². The van der Waals surface area contributed by atoms with Crippen LogP contribution in [0.25, 0.3) is 22.6 Å². The number of thioether (sulfide) groups is 1. The zero-order chi connectivity index (χ0) is 54.3. The number of aliphatic carboxylic acids is 1. The van der Waals surface area contributed by atoms with E-state index >= 15 is 0 Å². The fourth-order valence-corrected chi connectivity index (χ4v) is 9.12. The maximum absolute atomic E-state index is 13.7. The number of nitrogen functional groups attached to an aromatic ring is 2. The molecule has 1 fully saturated rings. The average molecular weight is 1050 g/mol. The smallest absolute Gasteiger partial charge is 0.326 e. The van der Waals surface area contributed by atoms with Crippen LogP contribution in [0.4, 0.5) is 17.5 Å². The number of nitrogens with two attached hydrogens (primary N) is 2. The molecule has 0 radical (unpaired) electrons. The number of ketones is 3. The first-order valence-electron chi connectivity index (χ1n) is 24.5. The van der Waals surface area contributed by atoms with Crippen LogP contribution in [-0.2, 0) is 41.7 Å². The van der Waals surface area contributed by atoms with Gasteiger partial charge in [0, 0.05) is 61.3 Å². The van der Waals surface area contributed by atoms with Crippen molar-refractivity contribution in [1.29, 1.82) is 0 Å². The number of carboxylic acids is 1. The number of likely N-dealkylation sites (tertiary alicyclic amines) is 1. The van der Waals surface area contributed by atoms with Crippen LogP contribution in [-0.4, -0.2) is 135 Å². The summed E-state index contributed by atoms with van der Waals surface area (Å²) in [5.41, 5.74) is 14.4. The van der Waals surface area contributed by atoms with Crippen molar-refractivity contribution in [1.82, 2.24) is 56.1 Å². The molecule has 24 nitrogen and oxygen atoms in total. The fraction of sp³-hybridized carbons (Fsp3) is 0.460. The molecular weight excluding hydrogens is 989 g/mol. The summed E-state index contributed by atoms with van der Waals surface area (Å²) in [6.07, 6.45) is 6.03. The van der Waals surface area contributed by atoms with E-state index in [1.165, 1.54) is 42.1 Å². The first-order chi connectivity index (χ1) is 35.9. The summed E-state index contributed by atoms with van der Waals surface area (Å²) >= 11 is 1.37. The van der Waals surface area contributed by atoms with Crippen LogP contribution >= 0.6 is 11.8 Å². The molecule has 0 spiro atoms. The number of nitrogens with one attached hydrogen (secondary N) is 4. The van der Waals surface area contributed by atoms with Crippen molar-refractivity contribution in [3.8, 4) is 17.1 Å². The molecule has 1 saturated heterocycles. The lowest BCUT2D eigenvalue weighted by atomic mass is 9.88. The molecule has 0 aliphatic carbocycles. The van der Waals surface area contributed by atoms with Gasteiger partial charge in [-0.2, -0.15) is 26.9 Å². The summed E-state index contributed by atoms with van der Waals surface area (Å²) in [6, 6.07) is 7.20. The van der Waals surface area contributed by atoms with Gasteiger partial charge in [0.1, 0.15) is 17.6 Å². The first-order valence-corrected chi connectivity index (χ1v) is 25.8. The highest BCUT2D eigenvalue weighted by Gasteiger charge is 2.37. The number of methoxy groups -OCH3 is 1. The number of unbranched alkanes of at least 4 members (excludes halogenated alkanes) is 3. The minimum absolute atomic E-state index is 0.00592. The van der Waals surface area contributed by atoms with Crippen LogP contribution in [0, 0.1) is 11.8 Å². The maximum atomic E-state index is 13.7. The van der Waals surface area contributed by atoms with Crippen molar-refractivity contribution < 1.29 is 48.2 Å². The van der Waals surface area contributed by atoms with Gasteiger partial charge in [0.25, 0.3) is 5.91 Å². The molecule has 4 atom stereocenters. The van der Waals surface area contributed by atoms with E-state index in [1.54, 1.807) is 37.4 Å². The Hall–Kier alpha value is -7.96. The first kappa shape index (κ1) is 56.3. The second-order valence-corrected chi connectivity index (χ2v) is 19.5. The van der Waals surface area contributed by atoms with Gasteiger partial charge in [-0.3, -0.25) is 38.5 Å². The highest BCUT2D eigenvalue weighted by molar-refractivity contribution is 8.00. The molecule has 3 aromatic heterocycles. The van der Waals surface area contributed by atoms with Crippen molar-refractivity contribution >= 4 is 87.3 Å². The Kier molecular flexibility index (Phi) is 19.8. The molecule has 6 rings (SSSR count). The van der Waals surface area contributed by atoms with Gasteiger partial charge in [-0.05, 0) is 79.8 Å². The Morgan fingerprint density at radius 2 is 1.72 bits per heavy atom. The lowest BCUT2D eigenvalue weighted by molar-refractivity contribution is -0.140. The number of fused-ring (bicyclic) bond motifs is 1. The maximum Gasteiger partial charge on any atom is 0.326 e. The van der Waals surface area contributed by atoms with Crippen molar-refractivity contribution in [3.05, 3.63) is 65.0 Å². The Balaban J connectivity index is 0.967. The van der Waals surface area contributed by atoms with Crippen LogP contribution in [0.2, 0.25) is 0 Å². The summed E-state index contributed by atoms with van der Waals surface area (Å²) in [6.45, 7) is 5.76. The number of H-pyrrole nitrogens is 1. The quantitative estimate of drug-likeness (QED) is 0.0203. The molecule has 4 amide bonds. The highest BCUT2D eigenvalue weighted by Crippen LogP contribution is 2.29. The summed E-state index contributed by atoms with van der Waals surface area (Å²) in [5, 5.41) is 32.3. The number of carbonyl (C=O) groups excluding carboxylic acids is 7. The largest absolute Gasteiger partial charge is 0.495 e. The van der Waals surface area contributed by atoms with E-state index in [1.807, 2.05) is 13.8 Å². The molecule has 0 bridgehead atoms. The van der Waals surface area contributed by atoms with Gasteiger partial charge in [-0.25, -0.2) is 14.8 Å². The number of tetrazole rings is 1. The average Bonchev–Trinajstić information content (AvgIpc) is 4.02. The standard InChI is InChI=1S/C50H62N14O10S/c1-26(2)33(22-31(65)11-7-6-10-18-64-41(68)23-40(75-5)48(64)71)47(70)55-27(3)38(67)20-28-14-16-32(34(19-28)44-60-62-63-61-44)37(66)13-9-8-12-36(49(72)73)57-46(69)29-15-17-35(39(21-29)74-4)53-24-30-25-54-45-42(56-30)43(51)58-50(52)59-45/h14-17,19,21,25-27,33,36,40,53H,6-13,18,20,22-24H2,1-5H3,(H,55,70)(H,57,69)(H,72,73)(H,60,61,62,63)(H4,51,52,54,58,59)/t27-,33-,36-,40?/m0/s1. The van der Waals surface area contributed by atoms with Crippen molar-refractivity contribution in [2.45, 2.75) is 115 Å². The van der Waals surface area contributed by atoms with E-state index in [0.717, 1.165) is 0 Å². The molecule has 4 heterocycles. The molecule has 398 valence electrons. The summed E-state index contributed by atoms with van der Waals surface area (Å²) in [7, 11) is 1.42. The number of hydrogen-bond acceptors (Lipinski definition) is 20. The molecule has 9 N–H and O–H groups in total. The molecular formula is C50H62N14O10S. The number of aromatic amines is 1. The Morgan fingerprint density at radius 3 is 2.41 bits per heavy atom. The van der Waals surface area contributed by atoms with Crippen molar-refractivity contribution in [2.75, 3.05) is 36.7 Å². The highest BCUT2D eigenvalue weighted by atomic mass is 32.2. The Labute approximate surface area is 436 Å². The number of imide groups is 1. The number of aromatic nitrogens is 8. The molecule has 2 aromatic carbocycles. The lowest BCUT2D eigenvalue weighted by Gasteiger charge is -2.22. The zero-order valence-electron chi connectivity index (χ0n) is 42.4. The van der Waals surface area contributed by atoms with Gasteiger partial charge in [0.15, 0.2) is 28.5 Å². The molecule has 5 aromatic rings. The normalized spacial score (nSPS) is 14.6. The predicted octanol–water partition coefficient (Wildman–Crippen LogP) is 3.91. The van der Waals surface area contributed by atoms with E-state index in [2.05, 4.69) is 56.5 Å². The third-order valence-corrected chi connectivity index (χ3v) is 13.7. The summed E-state index contributed by atoms with van der Waals surface area (Å²) in [5.74, 6) is -3.74. The van der Waals surface area contributed by atoms with Crippen LogP contribution < -0.4 is 32.2 Å². The lowest BCUT2D eigenvalue weighted by Crippen LogP contribution is -2.44. The monoisotopic (exact) mass is 1050 g/mol. The van der Waals surface area contributed by atoms with Crippen molar-refractivity contribution in [2.24, 2.45) is 11.8 Å². The summed E-state index contributed by atoms with van der Waals surface area (Å²) < 4.78 is 5.50. The van der Waals surface area contributed by atoms with Crippen LogP contribution in [0.1, 0.15) is 117 Å². The number of hydrogen-bond donors (Lipinski definition) is 7. The number of anilines is 3. The van der Waals surface area contributed by atoms with Crippen LogP contribution in [0.5, 0.6) is 5.75 Å². The van der Waals surface area contributed by atoms with Crippen LogP contribution in [0.15, 0.2) is 42.6 Å². The number of rotatable bonds is 29. The molecule has 1 aliphatic rings. The van der Waals surface area contributed by atoms with Crippen molar-refractivity contribution in [3.63, 3.8) is 0 Å². The number of ether oxygens (including phenoxy) is 1. The minimum Gasteiger partial charge on any atom is -0.495 e. The number of carbonyl (C=O) groups is 8. The molecule has 1 aliphatic heterocycles. The van der Waals surface area contributed by atoms with Gasteiger partial charge in [-0.1, -0.05) is 38.8 Å². The fourth-order valence-electron chi connectivity index (χ4n) is 8.48. The SMILES string of the molecule is COc1cc(C(=O)N[C@@H](CCCCC(=O)c2ccc(CC(=O)[C@H](C)NC(=O)[C@@H](CC(=O)CCCCCN3C(=O)CC(SC)C3=O)C(C)C)cc2-c2nn[nH]n2)C(=O)O)ccc1NCc1cnc2nc(N)nc(N)c2n1. The van der Waals surface area contributed by atoms with Gasteiger partial charge < -0.3 is 37.3 Å². The number of Topliss-reactive ketones (excluding diaryl/α,β-unsaturated/α-hetero) is 3. The second-order valence-electron chi connectivity index (χ2n) is 18.5. The predicted molar refractivity (Wildman–Crippen MR) is 277 cm³/mol. The van der Waals surface area contributed by atoms with E-state index in [0.29, 0.717) is 54.1 Å². The van der Waals surface area contributed by atoms with Gasteiger partial charge in [0.2, 0.25) is 29.5 Å². The third kappa shape index (κ3) is 15.1. The number of carboxylic acid groups (broad SMARTS) is 1. The molecule has 1 unspecified atom stereocenters. The van der Waals surface area contributed by atoms with Crippen LogP contribution in [0.3, 0.4) is 0 Å². The second kappa shape index (κ2) is 26.3. The van der Waals surface area contributed by atoms with E-state index in [9.17, 15) is 43.5 Å². The number of nitrogens with zero attached hydrogens (tertiary/aromatic N) is 8. The Morgan fingerprint density at radius 1 is 0.947 bits per heavy atom. The van der Waals surface area contributed by atoms with E-state index < -0.39 is 35.8 Å². The number of benzene rings is 2.